The fraction of sp³-hybridized carbons (Fsp3) is 0.514. The van der Waals surface area contributed by atoms with E-state index in [2.05, 4.69) is 41.5 Å². The van der Waals surface area contributed by atoms with Gasteiger partial charge in [0.1, 0.15) is 29.3 Å². The second-order valence-electron chi connectivity index (χ2n) is 15.0. The Balaban J connectivity index is 1.47. The van der Waals surface area contributed by atoms with Crippen molar-refractivity contribution in [2.24, 2.45) is 11.3 Å². The number of carboxylic acids is 1. The van der Waals surface area contributed by atoms with Crippen LogP contribution in [0.4, 0.5) is 4.79 Å². The number of carbonyl (C=O) groups excluding carboxylic acids is 3. The summed E-state index contributed by atoms with van der Waals surface area (Å²) in [7, 11) is 0. The number of fused-ring (bicyclic) bond motifs is 2. The van der Waals surface area contributed by atoms with Crippen molar-refractivity contribution >= 4 is 23.9 Å². The van der Waals surface area contributed by atoms with Gasteiger partial charge in [-0.2, -0.15) is 0 Å². The summed E-state index contributed by atoms with van der Waals surface area (Å²) in [5.74, 6) is -2.62. The lowest BCUT2D eigenvalue weighted by molar-refractivity contribution is -0.146. The van der Waals surface area contributed by atoms with Gasteiger partial charge in [0.25, 0.3) is 0 Å². The first kappa shape index (κ1) is 34.2. The highest BCUT2D eigenvalue weighted by Crippen LogP contribution is 2.45. The van der Waals surface area contributed by atoms with E-state index >= 15 is 0 Å². The molecule has 10 heteroatoms. The Bertz CT molecular complexity index is 1510. The van der Waals surface area contributed by atoms with E-state index in [1.165, 1.54) is 22.1 Å². The normalized spacial score (nSPS) is 24.6. The number of ether oxygens (including phenoxy) is 2. The maximum Gasteiger partial charge on any atom is 0.408 e. The minimum atomic E-state index is -1.47. The van der Waals surface area contributed by atoms with Crippen molar-refractivity contribution in [1.82, 2.24) is 15.5 Å². The topological polar surface area (TPSA) is 134 Å². The van der Waals surface area contributed by atoms with Crippen LogP contribution in [0.5, 0.6) is 0 Å². The zero-order chi connectivity index (χ0) is 34.3. The molecule has 0 radical (unpaired) electrons. The van der Waals surface area contributed by atoms with Gasteiger partial charge >= 0.3 is 12.1 Å². The summed E-state index contributed by atoms with van der Waals surface area (Å²) in [6.07, 6.45) is 1.88. The van der Waals surface area contributed by atoms with E-state index in [-0.39, 0.29) is 19.4 Å². The van der Waals surface area contributed by atoms with Crippen molar-refractivity contribution < 1.29 is 33.8 Å². The predicted molar refractivity (Wildman–Crippen MR) is 177 cm³/mol. The van der Waals surface area contributed by atoms with Crippen LogP contribution in [0.25, 0.3) is 0 Å². The zero-order valence-electron chi connectivity index (χ0n) is 28.2. The standard InChI is InChI=1S/C37H47N3O7/c1-8-24-20-37(24,33(43)44)39-31(41)28-19-25(21-40(28)32(42)30(35(2,3)4)38-34(45)47-36(5,6)7)46-29-26-15-11-9-13-22(26)17-18-23-14-10-12-16-27(23)29/h8-16,24-25,28-30H,1,17-21H2,2-7H3,(H,38,45)(H,39,41)(H,43,44)/t24-,25-,28+,30-,37+/m1/s1. The number of alkyl carbamates (subject to hydrolysis) is 1. The third kappa shape index (κ3) is 7.22. The Morgan fingerprint density at radius 3 is 2.04 bits per heavy atom. The summed E-state index contributed by atoms with van der Waals surface area (Å²) in [5, 5.41) is 15.5. The summed E-state index contributed by atoms with van der Waals surface area (Å²) in [6, 6.07) is 14.2. The van der Waals surface area contributed by atoms with Crippen LogP contribution in [0.15, 0.2) is 61.2 Å². The van der Waals surface area contributed by atoms with Crippen LogP contribution in [0.2, 0.25) is 0 Å². The van der Waals surface area contributed by atoms with Gasteiger partial charge in [0, 0.05) is 18.9 Å². The second-order valence-corrected chi connectivity index (χ2v) is 15.0. The quantitative estimate of drug-likeness (QED) is 0.346. The molecule has 3 amide bonds. The highest BCUT2D eigenvalue weighted by Gasteiger charge is 2.61. The van der Waals surface area contributed by atoms with Crippen LogP contribution < -0.4 is 10.6 Å². The number of aliphatic carboxylic acids is 1. The Hall–Kier alpha value is -4.18. The summed E-state index contributed by atoms with van der Waals surface area (Å²) < 4.78 is 12.4. The van der Waals surface area contributed by atoms with Crippen LogP contribution in [0.1, 0.15) is 82.7 Å². The average molecular weight is 646 g/mol. The van der Waals surface area contributed by atoms with Crippen LogP contribution in [-0.4, -0.2) is 69.8 Å². The van der Waals surface area contributed by atoms with E-state index in [0.29, 0.717) is 0 Å². The summed E-state index contributed by atoms with van der Waals surface area (Å²) in [5.41, 5.74) is 1.43. The molecule has 47 heavy (non-hydrogen) atoms. The first-order valence-electron chi connectivity index (χ1n) is 16.3. The number of hydrogen-bond acceptors (Lipinski definition) is 6. The van der Waals surface area contributed by atoms with E-state index in [1.807, 2.05) is 45.0 Å². The molecular weight excluding hydrogens is 598 g/mol. The minimum absolute atomic E-state index is 0.0747. The first-order valence-corrected chi connectivity index (χ1v) is 16.3. The number of aryl methyl sites for hydroxylation is 2. The number of nitrogens with one attached hydrogen (secondary N) is 2. The molecule has 2 aliphatic carbocycles. The Morgan fingerprint density at radius 2 is 1.55 bits per heavy atom. The van der Waals surface area contributed by atoms with Crippen molar-refractivity contribution in [2.45, 2.75) is 103 Å². The third-order valence-electron chi connectivity index (χ3n) is 9.32. The van der Waals surface area contributed by atoms with Gasteiger partial charge < -0.3 is 30.1 Å². The molecule has 3 N–H and O–H groups in total. The molecule has 0 spiro atoms. The molecule has 1 aliphatic heterocycles. The second kappa shape index (κ2) is 12.8. The maximum atomic E-state index is 14.4. The molecule has 2 aromatic rings. The molecule has 0 bridgehead atoms. The highest BCUT2D eigenvalue weighted by molar-refractivity contribution is 5.96. The summed E-state index contributed by atoms with van der Waals surface area (Å²) in [4.78, 5) is 55.0. The number of amides is 3. The van der Waals surface area contributed by atoms with E-state index in [4.69, 9.17) is 9.47 Å². The molecule has 5 atom stereocenters. The average Bonchev–Trinajstić information content (AvgIpc) is 3.59. The lowest BCUT2D eigenvalue weighted by Crippen LogP contribution is -2.59. The van der Waals surface area contributed by atoms with Crippen molar-refractivity contribution in [2.75, 3.05) is 6.54 Å². The number of nitrogens with zero attached hydrogens (tertiary/aromatic N) is 1. The van der Waals surface area contributed by atoms with Crippen LogP contribution in [0, 0.1) is 11.3 Å². The molecule has 3 aliphatic rings. The van der Waals surface area contributed by atoms with Gasteiger partial charge in [0.15, 0.2) is 0 Å². The molecule has 252 valence electrons. The fourth-order valence-corrected chi connectivity index (χ4v) is 6.76. The van der Waals surface area contributed by atoms with Crippen molar-refractivity contribution in [1.29, 1.82) is 0 Å². The Morgan fingerprint density at radius 1 is 0.979 bits per heavy atom. The summed E-state index contributed by atoms with van der Waals surface area (Å²) in [6.45, 7) is 14.5. The largest absolute Gasteiger partial charge is 0.479 e. The number of rotatable bonds is 8. The van der Waals surface area contributed by atoms with Crippen LogP contribution in [-0.2, 0) is 36.7 Å². The third-order valence-corrected chi connectivity index (χ3v) is 9.32. The van der Waals surface area contributed by atoms with Crippen molar-refractivity contribution in [3.05, 3.63) is 83.4 Å². The van der Waals surface area contributed by atoms with Crippen molar-refractivity contribution in [3.63, 3.8) is 0 Å². The molecular formula is C37H47N3O7. The fourth-order valence-electron chi connectivity index (χ4n) is 6.76. The lowest BCUT2D eigenvalue weighted by atomic mass is 9.85. The Labute approximate surface area is 276 Å². The van der Waals surface area contributed by atoms with E-state index in [9.17, 15) is 24.3 Å². The minimum Gasteiger partial charge on any atom is -0.479 e. The molecule has 1 saturated carbocycles. The molecule has 0 aromatic heterocycles. The number of hydrogen-bond donors (Lipinski definition) is 3. The molecule has 2 aromatic carbocycles. The molecule has 1 heterocycles. The predicted octanol–water partition coefficient (Wildman–Crippen LogP) is 4.95. The van der Waals surface area contributed by atoms with Gasteiger partial charge in [-0.15, -0.1) is 6.58 Å². The van der Waals surface area contributed by atoms with E-state index in [1.54, 1.807) is 20.8 Å². The maximum absolute atomic E-state index is 14.4. The van der Waals surface area contributed by atoms with Gasteiger partial charge in [-0.25, -0.2) is 9.59 Å². The molecule has 1 saturated heterocycles. The highest BCUT2D eigenvalue weighted by atomic mass is 16.6. The summed E-state index contributed by atoms with van der Waals surface area (Å²) >= 11 is 0. The van der Waals surface area contributed by atoms with E-state index < -0.39 is 70.6 Å². The van der Waals surface area contributed by atoms with Gasteiger partial charge in [0.05, 0.1) is 6.10 Å². The monoisotopic (exact) mass is 645 g/mol. The number of carbonyl (C=O) groups is 4. The number of likely N-dealkylation sites (tertiary alicyclic amines) is 1. The molecule has 10 nitrogen and oxygen atoms in total. The number of benzene rings is 2. The zero-order valence-corrected chi connectivity index (χ0v) is 28.2. The van der Waals surface area contributed by atoms with Gasteiger partial charge in [-0.05, 0) is 67.7 Å². The first-order chi connectivity index (χ1) is 22.0. The van der Waals surface area contributed by atoms with E-state index in [0.717, 1.165) is 24.0 Å². The molecule has 0 unspecified atom stereocenters. The smallest absolute Gasteiger partial charge is 0.408 e. The number of carboxylic acid groups (broad SMARTS) is 1. The molecule has 5 rings (SSSR count). The lowest BCUT2D eigenvalue weighted by Gasteiger charge is -2.36. The van der Waals surface area contributed by atoms with Gasteiger partial charge in [-0.1, -0.05) is 75.4 Å². The van der Waals surface area contributed by atoms with Gasteiger partial charge in [0.2, 0.25) is 11.8 Å². The van der Waals surface area contributed by atoms with Crippen LogP contribution >= 0.6 is 0 Å². The van der Waals surface area contributed by atoms with Gasteiger partial charge in [-0.3, -0.25) is 9.59 Å². The SMILES string of the molecule is C=C[C@@H]1C[C@@]1(NC(=O)[C@@H]1C[C@@H](OC2c3ccccc3CCc3ccccc32)CN1C(=O)[C@@H](NC(=O)OC(C)(C)C)C(C)(C)C)C(=O)O. The van der Waals surface area contributed by atoms with Crippen molar-refractivity contribution in [3.8, 4) is 0 Å². The Kier molecular flexibility index (Phi) is 9.29. The van der Waals surface area contributed by atoms with Crippen LogP contribution in [0.3, 0.4) is 0 Å². The molecule has 2 fully saturated rings.